The summed E-state index contributed by atoms with van der Waals surface area (Å²) in [5.74, 6) is 0.461. The highest BCUT2D eigenvalue weighted by Crippen LogP contribution is 2.33. The molecular weight excluding hydrogens is 388 g/mol. The highest BCUT2D eigenvalue weighted by molar-refractivity contribution is 5.85. The lowest BCUT2D eigenvalue weighted by Gasteiger charge is -2.23. The summed E-state index contributed by atoms with van der Waals surface area (Å²) < 4.78 is 0. The minimum absolute atomic E-state index is 0. The molecule has 1 aliphatic heterocycles. The summed E-state index contributed by atoms with van der Waals surface area (Å²) in [5.41, 5.74) is 14.5. The smallest absolute Gasteiger partial charge is 0.312 e. The SMILES string of the molecule is Cc1ccccc1C(CC(=O)N1C[C@@H](CN)[C@H](c2ccccc2)C1)NC(N)=O.Cl. The van der Waals surface area contributed by atoms with Crippen LogP contribution in [0, 0.1) is 12.8 Å². The van der Waals surface area contributed by atoms with E-state index >= 15 is 0 Å². The number of carbonyl (C=O) groups excluding carboxylic acids is 2. The molecule has 6 nitrogen and oxygen atoms in total. The molecule has 0 spiro atoms. The lowest BCUT2D eigenvalue weighted by atomic mass is 9.89. The number of rotatable bonds is 6. The Bertz CT molecular complexity index is 831. The van der Waals surface area contributed by atoms with Crippen molar-refractivity contribution in [1.29, 1.82) is 0 Å². The van der Waals surface area contributed by atoms with E-state index in [1.807, 2.05) is 54.3 Å². The zero-order valence-corrected chi connectivity index (χ0v) is 17.4. The molecule has 1 heterocycles. The van der Waals surface area contributed by atoms with Gasteiger partial charge in [-0.25, -0.2) is 4.79 Å². The number of likely N-dealkylation sites (tertiary alicyclic amines) is 1. The van der Waals surface area contributed by atoms with E-state index in [0.717, 1.165) is 11.1 Å². The van der Waals surface area contributed by atoms with Crippen molar-refractivity contribution in [3.05, 3.63) is 71.3 Å². The third-order valence-electron chi connectivity index (χ3n) is 5.58. The molecule has 1 unspecified atom stereocenters. The maximum atomic E-state index is 13.1. The van der Waals surface area contributed by atoms with E-state index in [-0.39, 0.29) is 36.6 Å². The third-order valence-corrected chi connectivity index (χ3v) is 5.58. The molecule has 2 aromatic carbocycles. The van der Waals surface area contributed by atoms with Crippen molar-refractivity contribution < 1.29 is 9.59 Å². The Balaban J connectivity index is 0.00000300. The zero-order chi connectivity index (χ0) is 20.1. The van der Waals surface area contributed by atoms with Crippen LogP contribution in [0.2, 0.25) is 0 Å². The van der Waals surface area contributed by atoms with Crippen molar-refractivity contribution in [1.82, 2.24) is 10.2 Å². The molecular formula is C22H29ClN4O2. The summed E-state index contributed by atoms with van der Waals surface area (Å²) in [6, 6.07) is 16.8. The first kappa shape index (κ1) is 22.7. The van der Waals surface area contributed by atoms with Gasteiger partial charge < -0.3 is 21.7 Å². The lowest BCUT2D eigenvalue weighted by Crippen LogP contribution is -2.38. The lowest BCUT2D eigenvalue weighted by molar-refractivity contribution is -0.130. The van der Waals surface area contributed by atoms with E-state index in [0.29, 0.717) is 19.6 Å². The molecule has 3 rings (SSSR count). The minimum atomic E-state index is -0.635. The van der Waals surface area contributed by atoms with Crippen molar-refractivity contribution in [3.8, 4) is 0 Å². The molecule has 0 aromatic heterocycles. The van der Waals surface area contributed by atoms with Gasteiger partial charge in [0.15, 0.2) is 0 Å². The van der Waals surface area contributed by atoms with Crippen molar-refractivity contribution in [3.63, 3.8) is 0 Å². The number of amides is 3. The van der Waals surface area contributed by atoms with Crippen LogP contribution in [0.3, 0.4) is 0 Å². The predicted octanol–water partition coefficient (Wildman–Crippen LogP) is 2.72. The zero-order valence-electron chi connectivity index (χ0n) is 16.6. The molecule has 0 radical (unpaired) electrons. The molecule has 0 saturated carbocycles. The Morgan fingerprint density at radius 1 is 1.10 bits per heavy atom. The second kappa shape index (κ2) is 10.3. The van der Waals surface area contributed by atoms with Gasteiger partial charge in [-0.15, -0.1) is 12.4 Å². The molecule has 1 fully saturated rings. The number of aryl methyl sites for hydroxylation is 1. The molecule has 3 atom stereocenters. The van der Waals surface area contributed by atoms with E-state index < -0.39 is 12.1 Å². The van der Waals surface area contributed by atoms with Crippen molar-refractivity contribution in [2.24, 2.45) is 17.4 Å². The number of primary amides is 1. The van der Waals surface area contributed by atoms with Crippen LogP contribution in [0.25, 0.3) is 0 Å². The number of nitrogens with one attached hydrogen (secondary N) is 1. The van der Waals surface area contributed by atoms with Crippen LogP contribution in [0.1, 0.15) is 35.1 Å². The third kappa shape index (κ3) is 5.49. The fourth-order valence-electron chi connectivity index (χ4n) is 4.08. The minimum Gasteiger partial charge on any atom is -0.352 e. The highest BCUT2D eigenvalue weighted by Gasteiger charge is 2.36. The largest absolute Gasteiger partial charge is 0.352 e. The number of hydrogen-bond donors (Lipinski definition) is 3. The highest BCUT2D eigenvalue weighted by atomic mass is 35.5. The van der Waals surface area contributed by atoms with Gasteiger partial charge in [-0.3, -0.25) is 4.79 Å². The second-order valence-electron chi connectivity index (χ2n) is 7.43. The first-order chi connectivity index (χ1) is 13.5. The maximum absolute atomic E-state index is 13.1. The average Bonchev–Trinajstić information content (AvgIpc) is 3.13. The quantitative estimate of drug-likeness (QED) is 0.674. The van der Waals surface area contributed by atoms with E-state index in [9.17, 15) is 9.59 Å². The van der Waals surface area contributed by atoms with Crippen LogP contribution in [-0.2, 0) is 4.79 Å². The van der Waals surface area contributed by atoms with Gasteiger partial charge in [-0.2, -0.15) is 0 Å². The molecule has 1 saturated heterocycles. The van der Waals surface area contributed by atoms with Gasteiger partial charge in [0.2, 0.25) is 5.91 Å². The van der Waals surface area contributed by atoms with Gasteiger partial charge in [0.25, 0.3) is 0 Å². The Morgan fingerprint density at radius 2 is 1.76 bits per heavy atom. The monoisotopic (exact) mass is 416 g/mol. The van der Waals surface area contributed by atoms with E-state index in [4.69, 9.17) is 11.5 Å². The van der Waals surface area contributed by atoms with Crippen molar-refractivity contribution >= 4 is 24.3 Å². The Hall–Kier alpha value is -2.57. The van der Waals surface area contributed by atoms with E-state index in [2.05, 4.69) is 17.4 Å². The summed E-state index contributed by atoms with van der Waals surface area (Å²) in [4.78, 5) is 26.4. The van der Waals surface area contributed by atoms with Gasteiger partial charge in [-0.05, 0) is 36.1 Å². The van der Waals surface area contributed by atoms with Crippen LogP contribution in [0.4, 0.5) is 4.79 Å². The molecule has 0 bridgehead atoms. The van der Waals surface area contributed by atoms with E-state index in [1.165, 1.54) is 5.56 Å². The van der Waals surface area contributed by atoms with Crippen LogP contribution in [0.15, 0.2) is 54.6 Å². The fourth-order valence-corrected chi connectivity index (χ4v) is 4.08. The first-order valence-electron chi connectivity index (χ1n) is 9.64. The van der Waals surface area contributed by atoms with Gasteiger partial charge in [0.05, 0.1) is 12.5 Å². The van der Waals surface area contributed by atoms with Crippen molar-refractivity contribution in [2.45, 2.75) is 25.3 Å². The van der Waals surface area contributed by atoms with Crippen LogP contribution in [-0.4, -0.2) is 36.5 Å². The number of hydrogen-bond acceptors (Lipinski definition) is 3. The molecule has 5 N–H and O–H groups in total. The van der Waals surface area contributed by atoms with Crippen LogP contribution < -0.4 is 16.8 Å². The summed E-state index contributed by atoms with van der Waals surface area (Å²) in [5, 5.41) is 2.73. The normalized spacial score (nSPS) is 19.3. The molecule has 29 heavy (non-hydrogen) atoms. The fraction of sp³-hybridized carbons (Fsp3) is 0.364. The molecule has 0 aliphatic carbocycles. The Kier molecular flexibility index (Phi) is 8.05. The van der Waals surface area contributed by atoms with Crippen LogP contribution in [0.5, 0.6) is 0 Å². The molecule has 7 heteroatoms. The van der Waals surface area contributed by atoms with Crippen molar-refractivity contribution in [2.75, 3.05) is 19.6 Å². The maximum Gasteiger partial charge on any atom is 0.312 e. The molecule has 2 aromatic rings. The van der Waals surface area contributed by atoms with E-state index in [1.54, 1.807) is 0 Å². The molecule has 156 valence electrons. The number of benzene rings is 2. The number of nitrogens with two attached hydrogens (primary N) is 2. The summed E-state index contributed by atoms with van der Waals surface area (Å²) in [6.45, 7) is 3.76. The van der Waals surface area contributed by atoms with Crippen LogP contribution >= 0.6 is 12.4 Å². The second-order valence-corrected chi connectivity index (χ2v) is 7.43. The first-order valence-corrected chi connectivity index (χ1v) is 9.64. The summed E-state index contributed by atoms with van der Waals surface area (Å²) >= 11 is 0. The van der Waals surface area contributed by atoms with Gasteiger partial charge in [0.1, 0.15) is 0 Å². The summed E-state index contributed by atoms with van der Waals surface area (Å²) in [7, 11) is 0. The van der Waals surface area contributed by atoms with Gasteiger partial charge in [-0.1, -0.05) is 54.6 Å². The predicted molar refractivity (Wildman–Crippen MR) is 117 cm³/mol. The average molecular weight is 417 g/mol. The Labute approximate surface area is 178 Å². The number of nitrogens with zero attached hydrogens (tertiary/aromatic N) is 1. The van der Waals surface area contributed by atoms with Gasteiger partial charge in [0, 0.05) is 19.0 Å². The number of halogens is 1. The molecule has 3 amide bonds. The Morgan fingerprint density at radius 3 is 2.38 bits per heavy atom. The summed E-state index contributed by atoms with van der Waals surface area (Å²) in [6.07, 6.45) is 0.173. The topological polar surface area (TPSA) is 101 Å². The van der Waals surface area contributed by atoms with Gasteiger partial charge >= 0.3 is 6.03 Å². The number of carbonyl (C=O) groups is 2. The number of urea groups is 1. The standard InChI is InChI=1S/C22H28N4O2.ClH/c1-15-7-5-6-10-18(15)20(25-22(24)28)11-21(27)26-13-17(12-23)19(14-26)16-8-3-2-4-9-16;/h2-10,17,19-20H,11-14,23H2,1H3,(H3,24,25,28);1H/t17-,19+,20?;/m1./s1. The molecule has 1 aliphatic rings.